The summed E-state index contributed by atoms with van der Waals surface area (Å²) in [5.41, 5.74) is 10.4. The van der Waals surface area contributed by atoms with Crippen LogP contribution in [0.5, 0.6) is 0 Å². The minimum absolute atomic E-state index is 0.489. The predicted molar refractivity (Wildman–Crippen MR) is 82.0 cm³/mol. The van der Waals surface area contributed by atoms with E-state index in [0.717, 1.165) is 16.9 Å². The Balaban J connectivity index is 2.32. The second-order valence-corrected chi connectivity index (χ2v) is 4.60. The second-order valence-electron chi connectivity index (χ2n) is 4.60. The van der Waals surface area contributed by atoms with Crippen LogP contribution >= 0.6 is 0 Å². The molecule has 19 heavy (non-hydrogen) atoms. The summed E-state index contributed by atoms with van der Waals surface area (Å²) < 4.78 is 0. The first kappa shape index (κ1) is 13.1. The third-order valence-electron chi connectivity index (χ3n) is 3.17. The number of guanidine groups is 1. The molecule has 2 rings (SSSR count). The van der Waals surface area contributed by atoms with Crippen LogP contribution in [-0.4, -0.2) is 13.0 Å². The van der Waals surface area contributed by atoms with Crippen molar-refractivity contribution in [1.82, 2.24) is 0 Å². The molecule has 0 spiro atoms. The van der Waals surface area contributed by atoms with Crippen molar-refractivity contribution in [3.63, 3.8) is 0 Å². The van der Waals surface area contributed by atoms with Gasteiger partial charge in [-0.1, -0.05) is 36.4 Å². The molecular formula is C16H19N3. The van der Waals surface area contributed by atoms with Gasteiger partial charge < -0.3 is 10.6 Å². The average Bonchev–Trinajstić information content (AvgIpc) is 2.41. The van der Waals surface area contributed by atoms with Crippen LogP contribution in [0.15, 0.2) is 53.5 Å². The van der Waals surface area contributed by atoms with Crippen LogP contribution in [0.3, 0.4) is 0 Å². The van der Waals surface area contributed by atoms with Gasteiger partial charge in [0.2, 0.25) is 5.96 Å². The molecule has 0 bridgehead atoms. The van der Waals surface area contributed by atoms with Gasteiger partial charge in [0.1, 0.15) is 0 Å². The van der Waals surface area contributed by atoms with E-state index in [1.807, 2.05) is 61.3 Å². The lowest BCUT2D eigenvalue weighted by Crippen LogP contribution is -2.34. The topological polar surface area (TPSA) is 41.6 Å². The van der Waals surface area contributed by atoms with E-state index >= 15 is 0 Å². The maximum atomic E-state index is 6.09. The molecule has 0 aliphatic heterocycles. The van der Waals surface area contributed by atoms with Crippen molar-refractivity contribution in [3.8, 4) is 0 Å². The molecule has 0 atom stereocenters. The summed E-state index contributed by atoms with van der Waals surface area (Å²) in [5.74, 6) is 0.489. The molecule has 0 unspecified atom stereocenters. The monoisotopic (exact) mass is 253 g/mol. The molecular weight excluding hydrogens is 234 g/mol. The van der Waals surface area contributed by atoms with E-state index in [-0.39, 0.29) is 0 Å². The molecule has 98 valence electrons. The zero-order valence-electron chi connectivity index (χ0n) is 11.6. The highest BCUT2D eigenvalue weighted by Crippen LogP contribution is 2.20. The molecule has 0 aliphatic carbocycles. The van der Waals surface area contributed by atoms with E-state index < -0.39 is 0 Å². The highest BCUT2D eigenvalue weighted by molar-refractivity contribution is 5.96. The number of nitrogens with zero attached hydrogens (tertiary/aromatic N) is 2. The zero-order chi connectivity index (χ0) is 13.8. The Hall–Kier alpha value is -2.29. The number of rotatable bonds is 2. The van der Waals surface area contributed by atoms with E-state index in [4.69, 9.17) is 5.73 Å². The Labute approximate surface area is 114 Å². The number of anilines is 1. The van der Waals surface area contributed by atoms with Crippen molar-refractivity contribution in [2.75, 3.05) is 11.9 Å². The number of aryl methyl sites for hydroxylation is 2. The van der Waals surface area contributed by atoms with Crippen molar-refractivity contribution in [3.05, 3.63) is 59.7 Å². The quantitative estimate of drug-likeness (QED) is 0.658. The van der Waals surface area contributed by atoms with Gasteiger partial charge in [-0.2, -0.15) is 0 Å². The lowest BCUT2D eigenvalue weighted by atomic mass is 10.2. The Morgan fingerprint density at radius 2 is 1.53 bits per heavy atom. The first-order chi connectivity index (χ1) is 9.09. The summed E-state index contributed by atoms with van der Waals surface area (Å²) in [7, 11) is 1.93. The molecule has 3 nitrogen and oxygen atoms in total. The van der Waals surface area contributed by atoms with Crippen LogP contribution < -0.4 is 10.6 Å². The van der Waals surface area contributed by atoms with Gasteiger partial charge in [0.05, 0.1) is 5.69 Å². The van der Waals surface area contributed by atoms with Gasteiger partial charge in [-0.25, -0.2) is 4.99 Å². The minimum Gasteiger partial charge on any atom is -0.369 e. The highest BCUT2D eigenvalue weighted by atomic mass is 15.2. The van der Waals surface area contributed by atoms with Gasteiger partial charge in [-0.3, -0.25) is 0 Å². The fourth-order valence-electron chi connectivity index (χ4n) is 1.95. The van der Waals surface area contributed by atoms with Crippen LogP contribution in [0.4, 0.5) is 11.4 Å². The Morgan fingerprint density at radius 3 is 2.16 bits per heavy atom. The van der Waals surface area contributed by atoms with Crippen molar-refractivity contribution < 1.29 is 0 Å². The third kappa shape index (κ3) is 2.94. The standard InChI is InChI=1S/C16H19N3/c1-12-8-4-6-10-14(12)18-16(17)19(3)15-11-7-5-9-13(15)2/h4-11H,1-3H3,(H2,17,18). The SMILES string of the molecule is Cc1ccccc1N=C(N)N(C)c1ccccc1C. The van der Waals surface area contributed by atoms with E-state index in [9.17, 15) is 0 Å². The predicted octanol–water partition coefficient (Wildman–Crippen LogP) is 3.39. The van der Waals surface area contributed by atoms with Gasteiger partial charge in [-0.05, 0) is 37.1 Å². The number of nitrogens with two attached hydrogens (primary N) is 1. The second kappa shape index (κ2) is 5.57. The third-order valence-corrected chi connectivity index (χ3v) is 3.17. The van der Waals surface area contributed by atoms with Crippen molar-refractivity contribution in [2.24, 2.45) is 10.7 Å². The summed E-state index contributed by atoms with van der Waals surface area (Å²) in [6.07, 6.45) is 0. The van der Waals surface area contributed by atoms with Crippen molar-refractivity contribution in [2.45, 2.75) is 13.8 Å². The molecule has 2 N–H and O–H groups in total. The van der Waals surface area contributed by atoms with Crippen molar-refractivity contribution >= 4 is 17.3 Å². The van der Waals surface area contributed by atoms with Crippen molar-refractivity contribution in [1.29, 1.82) is 0 Å². The molecule has 0 aliphatic rings. The van der Waals surface area contributed by atoms with Crippen LogP contribution in [0, 0.1) is 13.8 Å². The Morgan fingerprint density at radius 1 is 0.947 bits per heavy atom. The smallest absolute Gasteiger partial charge is 0.200 e. The molecule has 0 aromatic heterocycles. The maximum absolute atomic E-state index is 6.09. The molecule has 2 aromatic rings. The van der Waals surface area contributed by atoms with Crippen LogP contribution in [0.25, 0.3) is 0 Å². The fraction of sp³-hybridized carbons (Fsp3) is 0.188. The van der Waals surface area contributed by atoms with E-state index in [1.54, 1.807) is 0 Å². The van der Waals surface area contributed by atoms with Gasteiger partial charge in [0, 0.05) is 12.7 Å². The number of aliphatic imine (C=N–C) groups is 1. The van der Waals surface area contributed by atoms with Gasteiger partial charge >= 0.3 is 0 Å². The Kier molecular flexibility index (Phi) is 3.85. The minimum atomic E-state index is 0.489. The van der Waals surface area contributed by atoms with Crippen LogP contribution in [0.1, 0.15) is 11.1 Å². The summed E-state index contributed by atoms with van der Waals surface area (Å²) in [6, 6.07) is 16.1. The van der Waals surface area contributed by atoms with Crippen LogP contribution in [-0.2, 0) is 0 Å². The number of hydrogen-bond acceptors (Lipinski definition) is 1. The highest BCUT2D eigenvalue weighted by Gasteiger charge is 2.07. The molecule has 2 aromatic carbocycles. The number of para-hydroxylation sites is 2. The van der Waals surface area contributed by atoms with E-state index in [2.05, 4.69) is 18.0 Å². The van der Waals surface area contributed by atoms with E-state index in [1.165, 1.54) is 5.56 Å². The summed E-state index contributed by atoms with van der Waals surface area (Å²) in [5, 5.41) is 0. The molecule has 0 radical (unpaired) electrons. The van der Waals surface area contributed by atoms with Crippen LogP contribution in [0.2, 0.25) is 0 Å². The molecule has 0 amide bonds. The number of hydrogen-bond donors (Lipinski definition) is 1. The van der Waals surface area contributed by atoms with Gasteiger partial charge in [0.25, 0.3) is 0 Å². The van der Waals surface area contributed by atoms with Gasteiger partial charge in [-0.15, -0.1) is 0 Å². The lowest BCUT2D eigenvalue weighted by Gasteiger charge is -2.20. The summed E-state index contributed by atoms with van der Waals surface area (Å²) in [6.45, 7) is 4.09. The summed E-state index contributed by atoms with van der Waals surface area (Å²) >= 11 is 0. The molecule has 0 heterocycles. The maximum Gasteiger partial charge on any atom is 0.200 e. The lowest BCUT2D eigenvalue weighted by molar-refractivity contribution is 1.19. The Bertz CT molecular complexity index is 602. The zero-order valence-corrected chi connectivity index (χ0v) is 11.6. The molecule has 0 saturated heterocycles. The average molecular weight is 253 g/mol. The first-order valence-corrected chi connectivity index (χ1v) is 6.29. The van der Waals surface area contributed by atoms with E-state index in [0.29, 0.717) is 5.96 Å². The summed E-state index contributed by atoms with van der Waals surface area (Å²) in [4.78, 5) is 6.40. The largest absolute Gasteiger partial charge is 0.369 e. The first-order valence-electron chi connectivity index (χ1n) is 6.29. The molecule has 3 heteroatoms. The molecule has 0 saturated carbocycles. The van der Waals surface area contributed by atoms with Gasteiger partial charge in [0.15, 0.2) is 0 Å². The fourth-order valence-corrected chi connectivity index (χ4v) is 1.95. The normalized spacial score (nSPS) is 11.4. The molecule has 0 fully saturated rings. The number of benzene rings is 2.